The van der Waals surface area contributed by atoms with E-state index in [0.29, 0.717) is 25.4 Å². The van der Waals surface area contributed by atoms with Crippen LogP contribution in [0.4, 0.5) is 4.39 Å². The third-order valence-corrected chi connectivity index (χ3v) is 5.54. The molecule has 1 N–H and O–H groups in total. The lowest BCUT2D eigenvalue weighted by Gasteiger charge is -2.32. The Morgan fingerprint density at radius 1 is 1.11 bits per heavy atom. The molecule has 0 spiro atoms. The van der Waals surface area contributed by atoms with Crippen LogP contribution >= 0.6 is 0 Å². The Kier molecular flexibility index (Phi) is 5.60. The normalized spacial score (nSPS) is 15.1. The largest absolute Gasteiger partial charge is 0.491 e. The molecular formula is C23H25FN2O2. The van der Waals surface area contributed by atoms with Crippen LogP contribution in [0.15, 0.2) is 54.7 Å². The second-order valence-electron chi connectivity index (χ2n) is 7.33. The summed E-state index contributed by atoms with van der Waals surface area (Å²) in [6.07, 6.45) is 5.12. The highest BCUT2D eigenvalue weighted by Gasteiger charge is 2.25. The van der Waals surface area contributed by atoms with Gasteiger partial charge in [-0.15, -0.1) is 0 Å². The van der Waals surface area contributed by atoms with Crippen LogP contribution in [0.5, 0.6) is 5.75 Å². The number of ether oxygens (including phenoxy) is 1. The minimum atomic E-state index is -0.367. The van der Waals surface area contributed by atoms with Crippen molar-refractivity contribution in [3.05, 3.63) is 66.1 Å². The summed E-state index contributed by atoms with van der Waals surface area (Å²) in [6.45, 7) is 1.92. The number of hydrogen-bond acceptors (Lipinski definition) is 2. The highest BCUT2D eigenvalue weighted by Crippen LogP contribution is 2.33. The number of halogens is 1. The van der Waals surface area contributed by atoms with Crippen molar-refractivity contribution in [3.63, 3.8) is 0 Å². The molecule has 2 heterocycles. The molecular weight excluding hydrogens is 355 g/mol. The number of rotatable bonds is 6. The van der Waals surface area contributed by atoms with E-state index in [-0.39, 0.29) is 17.5 Å². The number of nitrogens with zero attached hydrogens (tertiary/aromatic N) is 1. The van der Waals surface area contributed by atoms with Crippen LogP contribution < -0.4 is 4.74 Å². The lowest BCUT2D eigenvalue weighted by molar-refractivity contribution is -0.132. The lowest BCUT2D eigenvalue weighted by Crippen LogP contribution is -2.37. The molecule has 0 bridgehead atoms. The number of carbonyl (C=O) groups excluding carboxylic acids is 1. The first kappa shape index (κ1) is 18.5. The van der Waals surface area contributed by atoms with Gasteiger partial charge in [-0.05, 0) is 48.9 Å². The van der Waals surface area contributed by atoms with E-state index in [1.54, 1.807) is 18.2 Å². The fourth-order valence-electron chi connectivity index (χ4n) is 4.00. The molecule has 1 saturated heterocycles. The minimum Gasteiger partial charge on any atom is -0.491 e. The van der Waals surface area contributed by atoms with Gasteiger partial charge in [0.05, 0.1) is 6.61 Å². The van der Waals surface area contributed by atoms with E-state index < -0.39 is 0 Å². The maximum Gasteiger partial charge on any atom is 0.222 e. The molecule has 3 aromatic rings. The number of piperidine rings is 1. The van der Waals surface area contributed by atoms with Gasteiger partial charge in [0.25, 0.3) is 0 Å². The predicted octanol–water partition coefficient (Wildman–Crippen LogP) is 4.87. The van der Waals surface area contributed by atoms with Crippen molar-refractivity contribution in [1.29, 1.82) is 0 Å². The smallest absolute Gasteiger partial charge is 0.222 e. The van der Waals surface area contributed by atoms with Crippen molar-refractivity contribution in [1.82, 2.24) is 9.88 Å². The van der Waals surface area contributed by atoms with Gasteiger partial charge in [0.15, 0.2) is 11.6 Å². The Morgan fingerprint density at radius 3 is 2.68 bits per heavy atom. The molecule has 5 heteroatoms. The molecule has 146 valence electrons. The zero-order chi connectivity index (χ0) is 19.3. The van der Waals surface area contributed by atoms with Gasteiger partial charge in [0, 0.05) is 36.6 Å². The van der Waals surface area contributed by atoms with Crippen LogP contribution in [0.3, 0.4) is 0 Å². The second-order valence-corrected chi connectivity index (χ2v) is 7.33. The van der Waals surface area contributed by atoms with Crippen molar-refractivity contribution < 1.29 is 13.9 Å². The number of likely N-dealkylation sites (tertiary alicyclic amines) is 1. The predicted molar refractivity (Wildman–Crippen MR) is 108 cm³/mol. The van der Waals surface area contributed by atoms with Gasteiger partial charge in [0.1, 0.15) is 0 Å². The maximum atomic E-state index is 13.5. The van der Waals surface area contributed by atoms with Gasteiger partial charge in [0.2, 0.25) is 5.91 Å². The van der Waals surface area contributed by atoms with E-state index in [0.717, 1.165) is 25.9 Å². The van der Waals surface area contributed by atoms with E-state index in [2.05, 4.69) is 29.4 Å². The third kappa shape index (κ3) is 4.03. The monoisotopic (exact) mass is 380 g/mol. The van der Waals surface area contributed by atoms with E-state index in [9.17, 15) is 9.18 Å². The molecule has 1 aromatic heterocycles. The number of nitrogens with one attached hydrogen (secondary N) is 1. The molecule has 0 radical (unpaired) electrons. The zero-order valence-electron chi connectivity index (χ0n) is 15.9. The summed E-state index contributed by atoms with van der Waals surface area (Å²) < 4.78 is 18.9. The number of hydrogen-bond donors (Lipinski definition) is 1. The van der Waals surface area contributed by atoms with E-state index in [1.165, 1.54) is 22.5 Å². The Bertz CT molecular complexity index is 944. The van der Waals surface area contributed by atoms with Crippen molar-refractivity contribution in [3.8, 4) is 5.75 Å². The molecule has 1 fully saturated rings. The van der Waals surface area contributed by atoms with Crippen LogP contribution in [0.1, 0.15) is 37.2 Å². The molecule has 0 aliphatic carbocycles. The van der Waals surface area contributed by atoms with Crippen molar-refractivity contribution >= 4 is 16.8 Å². The third-order valence-electron chi connectivity index (χ3n) is 5.54. The van der Waals surface area contributed by atoms with Crippen molar-refractivity contribution in [2.75, 3.05) is 19.7 Å². The first-order valence-corrected chi connectivity index (χ1v) is 9.93. The van der Waals surface area contributed by atoms with Gasteiger partial charge in [-0.25, -0.2) is 4.39 Å². The Morgan fingerprint density at radius 2 is 1.86 bits per heavy atom. The van der Waals surface area contributed by atoms with Crippen LogP contribution in [0.25, 0.3) is 10.9 Å². The van der Waals surface area contributed by atoms with Crippen LogP contribution in [0, 0.1) is 5.82 Å². The topological polar surface area (TPSA) is 45.3 Å². The van der Waals surface area contributed by atoms with Crippen molar-refractivity contribution in [2.45, 2.75) is 31.6 Å². The summed E-state index contributed by atoms with van der Waals surface area (Å²) in [4.78, 5) is 17.8. The van der Waals surface area contributed by atoms with Gasteiger partial charge >= 0.3 is 0 Å². The molecule has 28 heavy (non-hydrogen) atoms. The fraction of sp³-hybridized carbons (Fsp3) is 0.348. The van der Waals surface area contributed by atoms with Crippen LogP contribution in [0.2, 0.25) is 0 Å². The number of fused-ring (bicyclic) bond motifs is 1. The standard InChI is InChI=1S/C23H25FN2O2/c24-20-7-2-4-9-22(20)28-15-5-10-23(27)26-13-11-17(12-14-26)19-16-25-21-8-3-1-6-18(19)21/h1-4,6-9,16-17,25H,5,10-15H2. The van der Waals surface area contributed by atoms with Gasteiger partial charge in [-0.2, -0.15) is 0 Å². The number of aromatic amines is 1. The van der Waals surface area contributed by atoms with Crippen molar-refractivity contribution in [2.24, 2.45) is 0 Å². The number of benzene rings is 2. The summed E-state index contributed by atoms with van der Waals surface area (Å²) in [5, 5.41) is 1.29. The SMILES string of the molecule is O=C(CCCOc1ccccc1F)N1CCC(c2c[nH]c3ccccc23)CC1. The second kappa shape index (κ2) is 8.46. The maximum absolute atomic E-state index is 13.5. The Labute approximate surface area is 164 Å². The molecule has 4 nitrogen and oxygen atoms in total. The summed E-state index contributed by atoms with van der Waals surface area (Å²) in [6, 6.07) is 14.7. The molecule has 2 aromatic carbocycles. The highest BCUT2D eigenvalue weighted by atomic mass is 19.1. The summed E-state index contributed by atoms with van der Waals surface area (Å²) in [5.41, 5.74) is 2.53. The molecule has 0 saturated carbocycles. The average Bonchev–Trinajstić information content (AvgIpc) is 3.16. The molecule has 0 unspecified atom stereocenters. The summed E-state index contributed by atoms with van der Waals surface area (Å²) in [5.74, 6) is 0.529. The zero-order valence-corrected chi connectivity index (χ0v) is 15.9. The summed E-state index contributed by atoms with van der Waals surface area (Å²) >= 11 is 0. The molecule has 1 aliphatic heterocycles. The Hall–Kier alpha value is -2.82. The molecule has 0 atom stereocenters. The van der Waals surface area contributed by atoms with Crippen LogP contribution in [-0.4, -0.2) is 35.5 Å². The van der Waals surface area contributed by atoms with Crippen LogP contribution in [-0.2, 0) is 4.79 Å². The fourth-order valence-corrected chi connectivity index (χ4v) is 4.00. The van der Waals surface area contributed by atoms with E-state index in [1.807, 2.05) is 11.0 Å². The number of amides is 1. The Balaban J connectivity index is 1.23. The van der Waals surface area contributed by atoms with E-state index in [4.69, 9.17) is 4.74 Å². The first-order chi connectivity index (χ1) is 13.7. The minimum absolute atomic E-state index is 0.162. The molecule has 1 aliphatic rings. The highest BCUT2D eigenvalue weighted by molar-refractivity contribution is 5.83. The molecule has 4 rings (SSSR count). The van der Waals surface area contributed by atoms with E-state index >= 15 is 0 Å². The number of para-hydroxylation sites is 2. The molecule has 1 amide bonds. The first-order valence-electron chi connectivity index (χ1n) is 9.93. The summed E-state index contributed by atoms with van der Waals surface area (Å²) in [7, 11) is 0. The number of H-pyrrole nitrogens is 1. The number of carbonyl (C=O) groups is 1. The lowest BCUT2D eigenvalue weighted by atomic mass is 9.89. The number of aromatic nitrogens is 1. The van der Waals surface area contributed by atoms with Gasteiger partial charge < -0.3 is 14.6 Å². The van der Waals surface area contributed by atoms with Gasteiger partial charge in [-0.3, -0.25) is 4.79 Å². The quantitative estimate of drug-likeness (QED) is 0.620. The average molecular weight is 380 g/mol. The van der Waals surface area contributed by atoms with Gasteiger partial charge in [-0.1, -0.05) is 30.3 Å².